The molecule has 2 aromatic rings. The monoisotopic (exact) mass is 271 g/mol. The lowest BCUT2D eigenvalue weighted by Gasteiger charge is -2.27. The number of hydrogen-bond donors (Lipinski definition) is 1. The van der Waals surface area contributed by atoms with Crippen LogP contribution in [0.1, 0.15) is 30.7 Å². The van der Waals surface area contributed by atoms with Gasteiger partial charge in [-0.2, -0.15) is 0 Å². The Bertz CT molecular complexity index is 555. The molecule has 0 amide bonds. The standard InChI is InChI=1S/C16H21N3O/c1-12(2)19(10-14-7-5-4-6-8-14)16-17-9-15(11-20)13(3)18-16/h4-9,12,20H,10-11H2,1-3H3. The lowest BCUT2D eigenvalue weighted by Crippen LogP contribution is -2.32. The Morgan fingerprint density at radius 1 is 1.20 bits per heavy atom. The third-order valence-electron chi connectivity index (χ3n) is 3.31. The number of rotatable bonds is 5. The lowest BCUT2D eigenvalue weighted by atomic mass is 10.2. The van der Waals surface area contributed by atoms with Crippen molar-refractivity contribution in [3.05, 3.63) is 53.3 Å². The normalized spacial score (nSPS) is 10.8. The maximum absolute atomic E-state index is 9.20. The van der Waals surface area contributed by atoms with Crippen LogP contribution in [0.2, 0.25) is 0 Å². The molecule has 2 rings (SSSR count). The fourth-order valence-corrected chi connectivity index (χ4v) is 2.04. The molecule has 0 saturated carbocycles. The van der Waals surface area contributed by atoms with E-state index < -0.39 is 0 Å². The van der Waals surface area contributed by atoms with Gasteiger partial charge in [0.25, 0.3) is 0 Å². The van der Waals surface area contributed by atoms with Gasteiger partial charge in [-0.3, -0.25) is 0 Å². The van der Waals surface area contributed by atoms with Crippen LogP contribution in [0, 0.1) is 6.92 Å². The van der Waals surface area contributed by atoms with E-state index >= 15 is 0 Å². The maximum Gasteiger partial charge on any atom is 0.226 e. The summed E-state index contributed by atoms with van der Waals surface area (Å²) in [4.78, 5) is 11.1. The summed E-state index contributed by atoms with van der Waals surface area (Å²) in [5.74, 6) is 0.707. The highest BCUT2D eigenvalue weighted by atomic mass is 16.3. The molecular weight excluding hydrogens is 250 g/mol. The molecule has 0 aliphatic rings. The van der Waals surface area contributed by atoms with Crippen molar-refractivity contribution in [1.29, 1.82) is 0 Å². The van der Waals surface area contributed by atoms with Crippen molar-refractivity contribution in [1.82, 2.24) is 9.97 Å². The smallest absolute Gasteiger partial charge is 0.226 e. The van der Waals surface area contributed by atoms with Crippen molar-refractivity contribution < 1.29 is 5.11 Å². The average Bonchev–Trinajstić information content (AvgIpc) is 2.45. The molecule has 0 bridgehead atoms. The molecule has 106 valence electrons. The van der Waals surface area contributed by atoms with Crippen LogP contribution in [0.4, 0.5) is 5.95 Å². The summed E-state index contributed by atoms with van der Waals surface area (Å²) in [6, 6.07) is 10.6. The average molecular weight is 271 g/mol. The molecule has 1 heterocycles. The first-order valence-electron chi connectivity index (χ1n) is 6.85. The minimum absolute atomic E-state index is 0.0214. The van der Waals surface area contributed by atoms with Gasteiger partial charge in [-0.15, -0.1) is 0 Å². The van der Waals surface area contributed by atoms with Crippen molar-refractivity contribution in [2.75, 3.05) is 4.90 Å². The van der Waals surface area contributed by atoms with Gasteiger partial charge >= 0.3 is 0 Å². The summed E-state index contributed by atoms with van der Waals surface area (Å²) in [7, 11) is 0. The lowest BCUT2D eigenvalue weighted by molar-refractivity contribution is 0.280. The quantitative estimate of drug-likeness (QED) is 0.908. The van der Waals surface area contributed by atoms with Gasteiger partial charge in [-0.1, -0.05) is 30.3 Å². The minimum Gasteiger partial charge on any atom is -0.392 e. The summed E-state index contributed by atoms with van der Waals surface area (Å²) in [5, 5.41) is 9.20. The first kappa shape index (κ1) is 14.5. The largest absolute Gasteiger partial charge is 0.392 e. The van der Waals surface area contributed by atoms with Crippen LogP contribution in [0.3, 0.4) is 0 Å². The van der Waals surface area contributed by atoms with Gasteiger partial charge < -0.3 is 10.0 Å². The zero-order valence-corrected chi connectivity index (χ0v) is 12.2. The van der Waals surface area contributed by atoms with Gasteiger partial charge in [0.15, 0.2) is 0 Å². The van der Waals surface area contributed by atoms with Crippen molar-refractivity contribution in [3.8, 4) is 0 Å². The van der Waals surface area contributed by atoms with E-state index in [0.717, 1.165) is 17.8 Å². The van der Waals surface area contributed by atoms with E-state index in [1.54, 1.807) is 6.20 Å². The first-order valence-corrected chi connectivity index (χ1v) is 6.85. The first-order chi connectivity index (χ1) is 9.61. The Morgan fingerprint density at radius 2 is 1.90 bits per heavy atom. The van der Waals surface area contributed by atoms with Crippen LogP contribution in [-0.2, 0) is 13.2 Å². The van der Waals surface area contributed by atoms with Gasteiger partial charge in [0.1, 0.15) is 0 Å². The van der Waals surface area contributed by atoms with Crippen molar-refractivity contribution in [2.45, 2.75) is 40.0 Å². The molecule has 0 radical (unpaired) electrons. The van der Waals surface area contributed by atoms with E-state index in [-0.39, 0.29) is 6.61 Å². The summed E-state index contributed by atoms with van der Waals surface area (Å²) in [5.41, 5.74) is 2.84. The second-order valence-electron chi connectivity index (χ2n) is 5.15. The highest BCUT2D eigenvalue weighted by molar-refractivity contribution is 5.35. The molecule has 0 spiro atoms. The predicted octanol–water partition coefficient (Wildman–Crippen LogP) is 2.69. The van der Waals surface area contributed by atoms with Crippen LogP contribution in [0.25, 0.3) is 0 Å². The third-order valence-corrected chi connectivity index (χ3v) is 3.31. The van der Waals surface area contributed by atoms with E-state index in [9.17, 15) is 5.11 Å². The molecule has 0 unspecified atom stereocenters. The van der Waals surface area contributed by atoms with Crippen molar-refractivity contribution in [2.24, 2.45) is 0 Å². The molecular formula is C16H21N3O. The number of aliphatic hydroxyl groups is 1. The van der Waals surface area contributed by atoms with E-state index in [0.29, 0.717) is 12.0 Å². The number of hydrogen-bond acceptors (Lipinski definition) is 4. The number of nitrogens with zero attached hydrogens (tertiary/aromatic N) is 3. The van der Waals surface area contributed by atoms with Crippen LogP contribution in [-0.4, -0.2) is 21.1 Å². The fraction of sp³-hybridized carbons (Fsp3) is 0.375. The number of aryl methyl sites for hydroxylation is 1. The summed E-state index contributed by atoms with van der Waals surface area (Å²) >= 11 is 0. The highest BCUT2D eigenvalue weighted by Gasteiger charge is 2.15. The van der Waals surface area contributed by atoms with Crippen molar-refractivity contribution in [3.63, 3.8) is 0 Å². The van der Waals surface area contributed by atoms with Gasteiger partial charge in [-0.05, 0) is 26.3 Å². The molecule has 1 N–H and O–H groups in total. The van der Waals surface area contributed by atoms with E-state index in [1.165, 1.54) is 5.56 Å². The number of aromatic nitrogens is 2. The molecule has 0 atom stereocenters. The fourth-order valence-electron chi connectivity index (χ4n) is 2.04. The van der Waals surface area contributed by atoms with Crippen LogP contribution in [0.15, 0.2) is 36.5 Å². The van der Waals surface area contributed by atoms with Crippen molar-refractivity contribution >= 4 is 5.95 Å². The number of aliphatic hydroxyl groups excluding tert-OH is 1. The van der Waals surface area contributed by atoms with Gasteiger partial charge in [0.05, 0.1) is 6.61 Å². The second kappa shape index (κ2) is 6.48. The minimum atomic E-state index is -0.0214. The summed E-state index contributed by atoms with van der Waals surface area (Å²) in [6.07, 6.45) is 1.71. The Labute approximate surface area is 120 Å². The Kier molecular flexibility index (Phi) is 4.69. The van der Waals surface area contributed by atoms with Crippen LogP contribution >= 0.6 is 0 Å². The Hall–Kier alpha value is -1.94. The molecule has 1 aromatic heterocycles. The third kappa shape index (κ3) is 3.33. The molecule has 4 heteroatoms. The molecule has 20 heavy (non-hydrogen) atoms. The molecule has 1 aromatic carbocycles. The van der Waals surface area contributed by atoms with Gasteiger partial charge in [0.2, 0.25) is 5.95 Å². The summed E-state index contributed by atoms with van der Waals surface area (Å²) in [6.45, 7) is 6.91. The Balaban J connectivity index is 2.27. The number of benzene rings is 1. The van der Waals surface area contributed by atoms with Gasteiger partial charge in [-0.25, -0.2) is 9.97 Å². The summed E-state index contributed by atoms with van der Waals surface area (Å²) < 4.78 is 0. The van der Waals surface area contributed by atoms with E-state index in [4.69, 9.17) is 0 Å². The SMILES string of the molecule is Cc1nc(N(Cc2ccccc2)C(C)C)ncc1CO. The second-order valence-corrected chi connectivity index (χ2v) is 5.15. The van der Waals surface area contributed by atoms with Crippen LogP contribution < -0.4 is 4.90 Å². The Morgan fingerprint density at radius 3 is 2.45 bits per heavy atom. The number of anilines is 1. The zero-order valence-electron chi connectivity index (χ0n) is 12.2. The predicted molar refractivity (Wildman–Crippen MR) is 80.5 cm³/mol. The zero-order chi connectivity index (χ0) is 14.5. The topological polar surface area (TPSA) is 49.2 Å². The maximum atomic E-state index is 9.20. The van der Waals surface area contributed by atoms with E-state index in [1.807, 2.05) is 25.1 Å². The molecule has 0 fully saturated rings. The molecule has 0 aliphatic carbocycles. The molecule has 0 saturated heterocycles. The van der Waals surface area contributed by atoms with Gasteiger partial charge in [0, 0.05) is 30.0 Å². The highest BCUT2D eigenvalue weighted by Crippen LogP contribution is 2.17. The van der Waals surface area contributed by atoms with E-state index in [2.05, 4.69) is 40.8 Å². The van der Waals surface area contributed by atoms with Crippen LogP contribution in [0.5, 0.6) is 0 Å². The molecule has 0 aliphatic heterocycles. The molecule has 4 nitrogen and oxygen atoms in total.